The van der Waals surface area contributed by atoms with E-state index in [4.69, 9.17) is 0 Å². The number of fused-ring (bicyclic) bond motifs is 3. The Morgan fingerprint density at radius 3 is 3.00 bits per heavy atom. The van der Waals surface area contributed by atoms with Crippen LogP contribution in [0.2, 0.25) is 0 Å². The van der Waals surface area contributed by atoms with Gasteiger partial charge in [-0.25, -0.2) is 0 Å². The first-order valence-electron chi connectivity index (χ1n) is 5.23. The van der Waals surface area contributed by atoms with Gasteiger partial charge in [-0.1, -0.05) is 24.3 Å². The maximum Gasteiger partial charge on any atom is -0.00115 e. The SMILES string of the molecule is Cl.c1ccc2c(c1)CC1CNCCC21. The van der Waals surface area contributed by atoms with E-state index in [1.807, 2.05) is 0 Å². The average molecular weight is 210 g/mol. The molecule has 3 rings (SSSR count). The molecule has 1 aliphatic heterocycles. The molecule has 2 atom stereocenters. The van der Waals surface area contributed by atoms with Crippen molar-refractivity contribution in [2.45, 2.75) is 18.8 Å². The lowest BCUT2D eigenvalue weighted by Gasteiger charge is -2.26. The van der Waals surface area contributed by atoms with Gasteiger partial charge in [0.1, 0.15) is 0 Å². The molecular weight excluding hydrogens is 194 g/mol. The maximum atomic E-state index is 3.49. The summed E-state index contributed by atoms with van der Waals surface area (Å²) in [5.74, 6) is 1.74. The van der Waals surface area contributed by atoms with Crippen molar-refractivity contribution in [3.63, 3.8) is 0 Å². The Kier molecular flexibility index (Phi) is 2.80. The Hall–Kier alpha value is -0.530. The quantitative estimate of drug-likeness (QED) is 0.692. The number of rotatable bonds is 0. The molecular formula is C12H16ClN. The molecule has 1 nitrogen and oxygen atoms in total. The van der Waals surface area contributed by atoms with Gasteiger partial charge in [0.05, 0.1) is 0 Å². The topological polar surface area (TPSA) is 12.0 Å². The summed E-state index contributed by atoms with van der Waals surface area (Å²) >= 11 is 0. The summed E-state index contributed by atoms with van der Waals surface area (Å²) in [5.41, 5.74) is 3.23. The smallest absolute Gasteiger partial charge is 0.00115 e. The highest BCUT2D eigenvalue weighted by Crippen LogP contribution is 2.40. The first-order chi connectivity index (χ1) is 6.45. The van der Waals surface area contributed by atoms with Crippen molar-refractivity contribution in [1.82, 2.24) is 5.32 Å². The molecule has 0 radical (unpaired) electrons. The molecule has 1 fully saturated rings. The normalized spacial score (nSPS) is 28.9. The second-order valence-electron chi connectivity index (χ2n) is 4.26. The Bertz CT molecular complexity index is 324. The fourth-order valence-corrected chi connectivity index (χ4v) is 2.91. The van der Waals surface area contributed by atoms with E-state index in [0.29, 0.717) is 0 Å². The molecule has 0 saturated carbocycles. The third-order valence-electron chi connectivity index (χ3n) is 3.54. The monoisotopic (exact) mass is 209 g/mol. The molecule has 1 aromatic rings. The van der Waals surface area contributed by atoms with Crippen molar-refractivity contribution in [2.24, 2.45) is 5.92 Å². The summed E-state index contributed by atoms with van der Waals surface area (Å²) < 4.78 is 0. The highest BCUT2D eigenvalue weighted by atomic mass is 35.5. The molecule has 1 aromatic carbocycles. The third kappa shape index (κ3) is 1.45. The number of halogens is 1. The zero-order chi connectivity index (χ0) is 8.67. The molecule has 76 valence electrons. The van der Waals surface area contributed by atoms with Crippen LogP contribution < -0.4 is 5.32 Å². The third-order valence-corrected chi connectivity index (χ3v) is 3.54. The first kappa shape index (κ1) is 10.0. The lowest BCUT2D eigenvalue weighted by Crippen LogP contribution is -2.33. The van der Waals surface area contributed by atoms with E-state index >= 15 is 0 Å². The minimum Gasteiger partial charge on any atom is -0.316 e. The van der Waals surface area contributed by atoms with Crippen LogP contribution in [0, 0.1) is 5.92 Å². The second kappa shape index (κ2) is 3.92. The van der Waals surface area contributed by atoms with Crippen LogP contribution in [-0.4, -0.2) is 13.1 Å². The molecule has 2 unspecified atom stereocenters. The Morgan fingerprint density at radius 1 is 1.21 bits per heavy atom. The highest BCUT2D eigenvalue weighted by molar-refractivity contribution is 5.85. The fraction of sp³-hybridized carbons (Fsp3) is 0.500. The highest BCUT2D eigenvalue weighted by Gasteiger charge is 2.33. The lowest BCUT2D eigenvalue weighted by molar-refractivity contribution is 0.349. The Morgan fingerprint density at radius 2 is 2.07 bits per heavy atom. The van der Waals surface area contributed by atoms with E-state index in [1.165, 1.54) is 25.9 Å². The average Bonchev–Trinajstić information content (AvgIpc) is 2.56. The van der Waals surface area contributed by atoms with Crippen LogP contribution in [0.5, 0.6) is 0 Å². The van der Waals surface area contributed by atoms with Crippen LogP contribution in [0.15, 0.2) is 24.3 Å². The van der Waals surface area contributed by atoms with Crippen molar-refractivity contribution in [1.29, 1.82) is 0 Å². The van der Waals surface area contributed by atoms with Crippen molar-refractivity contribution >= 4 is 12.4 Å². The molecule has 0 spiro atoms. The van der Waals surface area contributed by atoms with E-state index in [-0.39, 0.29) is 12.4 Å². The predicted molar refractivity (Wildman–Crippen MR) is 61.1 cm³/mol. The number of piperidine rings is 1. The van der Waals surface area contributed by atoms with Crippen LogP contribution in [0.1, 0.15) is 23.5 Å². The summed E-state index contributed by atoms with van der Waals surface area (Å²) in [7, 11) is 0. The zero-order valence-electron chi connectivity index (χ0n) is 8.20. The number of hydrogen-bond donors (Lipinski definition) is 1. The first-order valence-corrected chi connectivity index (χ1v) is 5.23. The van der Waals surface area contributed by atoms with Crippen LogP contribution >= 0.6 is 12.4 Å². The summed E-state index contributed by atoms with van der Waals surface area (Å²) in [6, 6.07) is 8.98. The predicted octanol–water partition coefficient (Wildman–Crippen LogP) is 2.36. The zero-order valence-corrected chi connectivity index (χ0v) is 9.02. The van der Waals surface area contributed by atoms with Crippen molar-refractivity contribution in [3.8, 4) is 0 Å². The largest absolute Gasteiger partial charge is 0.316 e. The van der Waals surface area contributed by atoms with Gasteiger partial charge in [0.25, 0.3) is 0 Å². The molecule has 1 heterocycles. The number of nitrogens with one attached hydrogen (secondary N) is 1. The minimum atomic E-state index is 0. The van der Waals surface area contributed by atoms with Gasteiger partial charge in [0, 0.05) is 0 Å². The van der Waals surface area contributed by atoms with Crippen molar-refractivity contribution < 1.29 is 0 Å². The second-order valence-corrected chi connectivity index (χ2v) is 4.26. The van der Waals surface area contributed by atoms with Gasteiger partial charge in [0.2, 0.25) is 0 Å². The van der Waals surface area contributed by atoms with Crippen molar-refractivity contribution in [2.75, 3.05) is 13.1 Å². The summed E-state index contributed by atoms with van der Waals surface area (Å²) in [6.07, 6.45) is 2.63. The minimum absolute atomic E-state index is 0. The molecule has 1 saturated heterocycles. The molecule has 0 aromatic heterocycles. The van der Waals surface area contributed by atoms with Crippen LogP contribution in [0.3, 0.4) is 0 Å². The van der Waals surface area contributed by atoms with E-state index < -0.39 is 0 Å². The van der Waals surface area contributed by atoms with E-state index in [9.17, 15) is 0 Å². The van der Waals surface area contributed by atoms with Crippen LogP contribution in [-0.2, 0) is 6.42 Å². The Balaban J connectivity index is 0.000000750. The van der Waals surface area contributed by atoms with Crippen molar-refractivity contribution in [3.05, 3.63) is 35.4 Å². The van der Waals surface area contributed by atoms with Gasteiger partial charge >= 0.3 is 0 Å². The van der Waals surface area contributed by atoms with E-state index in [0.717, 1.165) is 11.8 Å². The molecule has 0 amide bonds. The van der Waals surface area contributed by atoms with Gasteiger partial charge in [0.15, 0.2) is 0 Å². The molecule has 2 aliphatic rings. The van der Waals surface area contributed by atoms with Gasteiger partial charge in [-0.2, -0.15) is 0 Å². The molecule has 1 aliphatic carbocycles. The summed E-state index contributed by atoms with van der Waals surface area (Å²) in [4.78, 5) is 0. The summed E-state index contributed by atoms with van der Waals surface area (Å²) in [5, 5.41) is 3.49. The maximum absolute atomic E-state index is 3.49. The van der Waals surface area contributed by atoms with Gasteiger partial charge in [-0.15, -0.1) is 12.4 Å². The molecule has 14 heavy (non-hydrogen) atoms. The molecule has 1 N–H and O–H groups in total. The van der Waals surface area contributed by atoms with E-state index in [2.05, 4.69) is 29.6 Å². The molecule has 2 heteroatoms. The van der Waals surface area contributed by atoms with Gasteiger partial charge in [-0.05, 0) is 48.9 Å². The van der Waals surface area contributed by atoms with Crippen LogP contribution in [0.25, 0.3) is 0 Å². The fourth-order valence-electron chi connectivity index (χ4n) is 2.91. The van der Waals surface area contributed by atoms with Crippen LogP contribution in [0.4, 0.5) is 0 Å². The molecule has 0 bridgehead atoms. The lowest BCUT2D eigenvalue weighted by atomic mass is 9.87. The van der Waals surface area contributed by atoms with E-state index in [1.54, 1.807) is 11.1 Å². The number of hydrogen-bond acceptors (Lipinski definition) is 1. The summed E-state index contributed by atoms with van der Waals surface area (Å²) in [6.45, 7) is 2.43. The van der Waals surface area contributed by atoms with Gasteiger partial charge < -0.3 is 5.32 Å². The Labute approximate surface area is 91.3 Å². The number of benzene rings is 1. The standard InChI is InChI=1S/C12H15N.ClH/c1-2-4-11-9(3-1)7-10-8-13-6-5-12(10)11;/h1-4,10,12-13H,5-8H2;1H. The van der Waals surface area contributed by atoms with Gasteiger partial charge in [-0.3, -0.25) is 0 Å².